The summed E-state index contributed by atoms with van der Waals surface area (Å²) < 4.78 is 0. The molecule has 39 heavy (non-hydrogen) atoms. The number of rotatable bonds is 3. The lowest BCUT2D eigenvalue weighted by molar-refractivity contribution is 0.492. The second-order valence-corrected chi connectivity index (χ2v) is 15.4. The SMILES string of the molecule is CC1=C(C(C)(c2ccccc2)C2c3ccc(C(C)(C)C)cc3-c3cc(C(C)(C)C)ccc32)C=C(C(C)(C)C)C1. The molecule has 0 nitrogen and oxygen atoms in total. The molecule has 0 bridgehead atoms. The molecule has 0 amide bonds. The van der Waals surface area contributed by atoms with Gasteiger partial charge in [-0.25, -0.2) is 0 Å². The van der Waals surface area contributed by atoms with Crippen LogP contribution in [0.3, 0.4) is 0 Å². The van der Waals surface area contributed by atoms with Crippen molar-refractivity contribution >= 4 is 0 Å². The summed E-state index contributed by atoms with van der Waals surface area (Å²) in [5.41, 5.74) is 14.7. The van der Waals surface area contributed by atoms with Gasteiger partial charge in [0.1, 0.15) is 0 Å². The van der Waals surface area contributed by atoms with Gasteiger partial charge >= 0.3 is 0 Å². The third kappa shape index (κ3) is 4.65. The maximum Gasteiger partial charge on any atom is 0.0283 e. The fraction of sp³-hybridized carbons (Fsp3) is 0.436. The van der Waals surface area contributed by atoms with Crippen LogP contribution in [0.2, 0.25) is 0 Å². The van der Waals surface area contributed by atoms with Crippen LogP contribution in [-0.4, -0.2) is 0 Å². The Morgan fingerprint density at radius 3 is 1.46 bits per heavy atom. The van der Waals surface area contributed by atoms with Crippen LogP contribution in [0.4, 0.5) is 0 Å². The maximum atomic E-state index is 2.56. The smallest absolute Gasteiger partial charge is 0.0283 e. The van der Waals surface area contributed by atoms with E-state index in [0.717, 1.165) is 6.42 Å². The van der Waals surface area contributed by atoms with Gasteiger partial charge in [0.15, 0.2) is 0 Å². The zero-order valence-electron chi connectivity index (χ0n) is 26.2. The van der Waals surface area contributed by atoms with E-state index in [1.165, 1.54) is 50.1 Å². The van der Waals surface area contributed by atoms with Crippen LogP contribution in [0, 0.1) is 5.41 Å². The minimum Gasteiger partial charge on any atom is -0.0651 e. The molecule has 2 aliphatic rings. The predicted molar refractivity (Wildman–Crippen MR) is 170 cm³/mol. The zero-order chi connectivity index (χ0) is 28.5. The predicted octanol–water partition coefficient (Wildman–Crippen LogP) is 11.0. The normalized spacial score (nSPS) is 17.7. The molecule has 1 atom stereocenters. The fourth-order valence-electron chi connectivity index (χ4n) is 6.87. The molecule has 5 rings (SSSR count). The minimum atomic E-state index is -0.190. The minimum absolute atomic E-state index is 0.104. The molecule has 0 heterocycles. The van der Waals surface area contributed by atoms with Gasteiger partial charge in [-0.2, -0.15) is 0 Å². The van der Waals surface area contributed by atoms with Gasteiger partial charge in [-0.1, -0.05) is 153 Å². The first-order valence-corrected chi connectivity index (χ1v) is 14.8. The van der Waals surface area contributed by atoms with Gasteiger partial charge in [-0.15, -0.1) is 0 Å². The van der Waals surface area contributed by atoms with Crippen molar-refractivity contribution in [3.8, 4) is 11.1 Å². The lowest BCUT2D eigenvalue weighted by Crippen LogP contribution is -2.32. The highest BCUT2D eigenvalue weighted by Gasteiger charge is 2.47. The van der Waals surface area contributed by atoms with Gasteiger partial charge in [0.2, 0.25) is 0 Å². The molecule has 0 spiro atoms. The summed E-state index contributed by atoms with van der Waals surface area (Å²) in [6.07, 6.45) is 3.63. The van der Waals surface area contributed by atoms with E-state index in [-0.39, 0.29) is 27.6 Å². The summed E-state index contributed by atoms with van der Waals surface area (Å²) >= 11 is 0. The van der Waals surface area contributed by atoms with Crippen molar-refractivity contribution < 1.29 is 0 Å². The largest absolute Gasteiger partial charge is 0.0651 e. The van der Waals surface area contributed by atoms with E-state index in [2.05, 4.69) is 149 Å². The van der Waals surface area contributed by atoms with Crippen molar-refractivity contribution in [2.75, 3.05) is 0 Å². The Kier molecular flexibility index (Phi) is 6.45. The molecule has 0 N–H and O–H groups in total. The number of allylic oxidation sites excluding steroid dienone is 4. The van der Waals surface area contributed by atoms with E-state index in [1.807, 2.05) is 0 Å². The number of hydrogen-bond donors (Lipinski definition) is 0. The molecule has 0 saturated heterocycles. The van der Waals surface area contributed by atoms with E-state index < -0.39 is 0 Å². The lowest BCUT2D eigenvalue weighted by atomic mass is 9.63. The van der Waals surface area contributed by atoms with Gasteiger partial charge in [-0.3, -0.25) is 0 Å². The molecular weight excluding hydrogens is 468 g/mol. The molecule has 0 aromatic heterocycles. The van der Waals surface area contributed by atoms with Crippen LogP contribution >= 0.6 is 0 Å². The number of fused-ring (bicyclic) bond motifs is 3. The highest BCUT2D eigenvalue weighted by molar-refractivity contribution is 5.82. The van der Waals surface area contributed by atoms with E-state index in [0.29, 0.717) is 0 Å². The Hall–Kier alpha value is -2.86. The van der Waals surface area contributed by atoms with Gasteiger partial charge in [0.25, 0.3) is 0 Å². The van der Waals surface area contributed by atoms with Crippen LogP contribution in [0.1, 0.15) is 116 Å². The first-order chi connectivity index (χ1) is 18.0. The molecule has 3 aromatic carbocycles. The van der Waals surface area contributed by atoms with Crippen LogP contribution in [0.25, 0.3) is 11.1 Å². The fourth-order valence-corrected chi connectivity index (χ4v) is 6.87. The highest BCUT2D eigenvalue weighted by atomic mass is 14.5. The molecule has 0 fully saturated rings. The Bertz CT molecular complexity index is 1410. The van der Waals surface area contributed by atoms with Crippen molar-refractivity contribution in [2.24, 2.45) is 5.41 Å². The molecule has 204 valence electrons. The summed E-state index contributed by atoms with van der Waals surface area (Å²) in [6.45, 7) is 25.9. The molecular formula is C39H48. The monoisotopic (exact) mass is 516 g/mol. The molecule has 0 saturated carbocycles. The highest BCUT2D eigenvalue weighted by Crippen LogP contribution is 2.59. The van der Waals surface area contributed by atoms with Crippen LogP contribution in [-0.2, 0) is 16.2 Å². The van der Waals surface area contributed by atoms with E-state index in [1.54, 1.807) is 5.57 Å². The average Bonchev–Trinajstić information content (AvgIpc) is 3.41. The summed E-state index contributed by atoms with van der Waals surface area (Å²) in [7, 11) is 0. The third-order valence-corrected chi connectivity index (χ3v) is 9.46. The second-order valence-electron chi connectivity index (χ2n) is 15.4. The average molecular weight is 517 g/mol. The summed E-state index contributed by atoms with van der Waals surface area (Å²) in [5.74, 6) is 0.244. The topological polar surface area (TPSA) is 0 Å². The molecule has 2 aliphatic carbocycles. The van der Waals surface area contributed by atoms with Crippen molar-refractivity contribution in [1.29, 1.82) is 0 Å². The standard InChI is InChI=1S/C39H48/c1-25-21-29(38(8,9)10)24-34(25)39(11,26-15-13-12-14-16-26)35-30-19-17-27(36(2,3)4)22-32(30)33-23-28(37(5,6)7)18-20-31(33)35/h12-20,22-24,35H,21H2,1-11H3. The molecule has 3 aromatic rings. The summed E-state index contributed by atoms with van der Waals surface area (Å²) in [5, 5.41) is 0. The van der Waals surface area contributed by atoms with Crippen LogP contribution < -0.4 is 0 Å². The Balaban J connectivity index is 1.83. The first kappa shape index (κ1) is 27.7. The van der Waals surface area contributed by atoms with Gasteiger partial charge in [0, 0.05) is 11.3 Å². The molecule has 0 aliphatic heterocycles. The van der Waals surface area contributed by atoms with Crippen LogP contribution in [0.15, 0.2) is 89.5 Å². The van der Waals surface area contributed by atoms with Crippen molar-refractivity contribution in [3.05, 3.63) is 117 Å². The van der Waals surface area contributed by atoms with E-state index >= 15 is 0 Å². The molecule has 1 unspecified atom stereocenters. The van der Waals surface area contributed by atoms with E-state index in [4.69, 9.17) is 0 Å². The summed E-state index contributed by atoms with van der Waals surface area (Å²) in [4.78, 5) is 0. The van der Waals surface area contributed by atoms with Gasteiger partial charge in [0.05, 0.1) is 0 Å². The Labute approximate surface area is 238 Å². The Morgan fingerprint density at radius 2 is 1.05 bits per heavy atom. The van der Waals surface area contributed by atoms with Crippen molar-refractivity contribution in [1.82, 2.24) is 0 Å². The third-order valence-electron chi connectivity index (χ3n) is 9.46. The zero-order valence-corrected chi connectivity index (χ0v) is 26.2. The molecule has 0 heteroatoms. The lowest BCUT2D eigenvalue weighted by Gasteiger charge is -2.40. The first-order valence-electron chi connectivity index (χ1n) is 14.8. The van der Waals surface area contributed by atoms with Crippen LogP contribution in [0.5, 0.6) is 0 Å². The second kappa shape index (κ2) is 9.09. The molecule has 0 radical (unpaired) electrons. The number of benzene rings is 3. The maximum absolute atomic E-state index is 2.56. The Morgan fingerprint density at radius 1 is 0.564 bits per heavy atom. The summed E-state index contributed by atoms with van der Waals surface area (Å²) in [6, 6.07) is 26.0. The quantitative estimate of drug-likeness (QED) is 0.325. The van der Waals surface area contributed by atoms with E-state index in [9.17, 15) is 0 Å². The van der Waals surface area contributed by atoms with Crippen molar-refractivity contribution in [3.63, 3.8) is 0 Å². The van der Waals surface area contributed by atoms with Gasteiger partial charge in [-0.05, 0) is 74.1 Å². The van der Waals surface area contributed by atoms with Gasteiger partial charge < -0.3 is 0 Å². The number of hydrogen-bond acceptors (Lipinski definition) is 0. The van der Waals surface area contributed by atoms with Crippen molar-refractivity contribution in [2.45, 2.75) is 105 Å².